The fraction of sp³-hybridized carbons (Fsp3) is 0.381. The van der Waals surface area contributed by atoms with Gasteiger partial charge in [0, 0.05) is 6.54 Å². The Bertz CT molecular complexity index is 1190. The number of rotatable bonds is 9. The molecule has 12 heteroatoms. The van der Waals surface area contributed by atoms with Crippen molar-refractivity contribution in [1.29, 1.82) is 0 Å². The van der Waals surface area contributed by atoms with Crippen molar-refractivity contribution >= 4 is 46.1 Å². The van der Waals surface area contributed by atoms with E-state index in [1.165, 1.54) is 0 Å². The van der Waals surface area contributed by atoms with Gasteiger partial charge in [0.25, 0.3) is 17.6 Å². The summed E-state index contributed by atoms with van der Waals surface area (Å²) in [7, 11) is 0. The highest BCUT2D eigenvalue weighted by molar-refractivity contribution is 6.31. The predicted octanol–water partition coefficient (Wildman–Crippen LogP) is 0.585. The molecule has 0 saturated carbocycles. The van der Waals surface area contributed by atoms with Gasteiger partial charge in [0.15, 0.2) is 33.5 Å². The quantitative estimate of drug-likeness (QED) is 0.223. The molecular weight excluding hydrogens is 446 g/mol. The topological polar surface area (TPSA) is 171 Å². The van der Waals surface area contributed by atoms with Gasteiger partial charge < -0.3 is 27.8 Å². The van der Waals surface area contributed by atoms with Crippen LogP contribution in [0.1, 0.15) is 46.9 Å². The Balaban J connectivity index is 1.97. The highest BCUT2D eigenvalue weighted by atomic mass is 35.5. The fourth-order valence-electron chi connectivity index (χ4n) is 3.77. The van der Waals surface area contributed by atoms with Crippen LogP contribution in [0.15, 0.2) is 18.2 Å². The van der Waals surface area contributed by atoms with Crippen molar-refractivity contribution in [2.75, 3.05) is 24.6 Å². The van der Waals surface area contributed by atoms with Gasteiger partial charge in [-0.3, -0.25) is 9.59 Å². The van der Waals surface area contributed by atoms with Crippen molar-refractivity contribution in [3.8, 4) is 0 Å². The van der Waals surface area contributed by atoms with Crippen LogP contribution in [-0.2, 0) is 19.6 Å². The number of nitrogen functional groups attached to an aromatic ring is 2. The second kappa shape index (κ2) is 10.5. The molecule has 0 aliphatic rings. The van der Waals surface area contributed by atoms with Crippen LogP contribution in [-0.4, -0.2) is 39.4 Å². The lowest BCUT2D eigenvalue weighted by Crippen LogP contribution is -2.41. The highest BCUT2D eigenvalue weighted by Crippen LogP contribution is 2.20. The minimum atomic E-state index is -0.530. The van der Waals surface area contributed by atoms with Crippen LogP contribution in [0.25, 0.3) is 11.0 Å². The van der Waals surface area contributed by atoms with Crippen molar-refractivity contribution in [1.82, 2.24) is 25.2 Å². The second-order valence-corrected chi connectivity index (χ2v) is 7.65. The summed E-state index contributed by atoms with van der Waals surface area (Å²) in [6, 6.07) is 5.60. The number of carbonyl (C=O) groups excluding carboxylic acids is 2. The third-order valence-corrected chi connectivity index (χ3v) is 5.55. The van der Waals surface area contributed by atoms with E-state index >= 15 is 0 Å². The molecule has 0 radical (unpaired) electrons. The number of benzene rings is 1. The first-order chi connectivity index (χ1) is 15.8. The summed E-state index contributed by atoms with van der Waals surface area (Å²) in [5.41, 5.74) is 19.1. The molecule has 0 fully saturated rings. The molecule has 0 unspecified atom stereocenters. The van der Waals surface area contributed by atoms with E-state index in [-0.39, 0.29) is 34.9 Å². The summed E-state index contributed by atoms with van der Waals surface area (Å²) < 4.78 is 4.07. The standard InChI is InChI=1S/C21H28ClN9O2/c1-3-30-13-8-5-7-12(20(32)26-10-6-9-23)16(13)31(4-2)14(30)11-27-21(33)15-18(24)29-19(25)17(22)28-15/h5,7-8H,3-4,6,9-11,23H2,1-2H3,(H5-,24,25,26,27,29,32,33)/p+1. The van der Waals surface area contributed by atoms with Gasteiger partial charge in [0.2, 0.25) is 0 Å². The number of nitrogens with one attached hydrogen (secondary N) is 2. The normalized spacial score (nSPS) is 11.0. The van der Waals surface area contributed by atoms with Gasteiger partial charge in [-0.1, -0.05) is 17.7 Å². The van der Waals surface area contributed by atoms with Crippen LogP contribution in [0.4, 0.5) is 11.6 Å². The number of imidazole rings is 1. The molecule has 0 aliphatic heterocycles. The zero-order chi connectivity index (χ0) is 24.1. The molecule has 0 bridgehead atoms. The number of hydrogen-bond acceptors (Lipinski definition) is 7. The van der Waals surface area contributed by atoms with Gasteiger partial charge in [-0.25, -0.2) is 19.1 Å². The van der Waals surface area contributed by atoms with E-state index in [9.17, 15) is 9.59 Å². The Hall–Kier alpha value is -3.44. The number of hydrogen-bond donors (Lipinski definition) is 5. The average Bonchev–Trinajstić information content (AvgIpc) is 3.12. The van der Waals surface area contributed by atoms with E-state index in [1.807, 2.05) is 30.5 Å². The fourth-order valence-corrected chi connectivity index (χ4v) is 3.89. The highest BCUT2D eigenvalue weighted by Gasteiger charge is 2.28. The minimum Gasteiger partial charge on any atom is -0.382 e. The molecular formula is C21H29ClN9O2+. The van der Waals surface area contributed by atoms with Crippen molar-refractivity contribution in [3.05, 3.63) is 40.4 Å². The molecule has 33 heavy (non-hydrogen) atoms. The third kappa shape index (κ3) is 4.83. The summed E-state index contributed by atoms with van der Waals surface area (Å²) in [6.45, 7) is 6.40. The van der Waals surface area contributed by atoms with Crippen LogP contribution in [0.2, 0.25) is 5.15 Å². The number of nitrogens with zero attached hydrogens (tertiary/aromatic N) is 4. The first-order valence-corrected chi connectivity index (χ1v) is 11.1. The molecule has 3 aromatic rings. The number of halogens is 1. The molecule has 2 amide bonds. The first-order valence-electron chi connectivity index (χ1n) is 10.7. The Kier molecular flexibility index (Phi) is 7.67. The van der Waals surface area contributed by atoms with Crippen LogP contribution >= 0.6 is 11.6 Å². The van der Waals surface area contributed by atoms with Gasteiger partial charge >= 0.3 is 0 Å². The van der Waals surface area contributed by atoms with Gasteiger partial charge in [-0.2, -0.15) is 0 Å². The lowest BCUT2D eigenvalue weighted by molar-refractivity contribution is -0.676. The van der Waals surface area contributed by atoms with E-state index < -0.39 is 5.91 Å². The van der Waals surface area contributed by atoms with E-state index in [1.54, 1.807) is 6.07 Å². The van der Waals surface area contributed by atoms with Crippen molar-refractivity contribution < 1.29 is 14.2 Å². The number of aromatic nitrogens is 4. The molecule has 0 spiro atoms. The molecule has 176 valence electrons. The van der Waals surface area contributed by atoms with Gasteiger partial charge in [0.05, 0.1) is 18.7 Å². The van der Waals surface area contributed by atoms with Crippen LogP contribution in [0, 0.1) is 0 Å². The maximum absolute atomic E-state index is 12.9. The molecule has 3 rings (SSSR count). The Labute approximate surface area is 196 Å². The van der Waals surface area contributed by atoms with Gasteiger partial charge in [0.1, 0.15) is 6.54 Å². The van der Waals surface area contributed by atoms with E-state index in [4.69, 9.17) is 28.8 Å². The summed E-state index contributed by atoms with van der Waals surface area (Å²) in [5.74, 6) is -0.0290. The van der Waals surface area contributed by atoms with Gasteiger partial charge in [-0.15, -0.1) is 0 Å². The molecule has 0 atom stereocenters. The summed E-state index contributed by atoms with van der Waals surface area (Å²) in [6.07, 6.45) is 0.698. The van der Waals surface area contributed by atoms with Crippen LogP contribution in [0.5, 0.6) is 0 Å². The maximum Gasteiger partial charge on any atom is 0.277 e. The lowest BCUT2D eigenvalue weighted by Gasteiger charge is -2.08. The molecule has 11 nitrogen and oxygen atoms in total. The van der Waals surface area contributed by atoms with E-state index in [2.05, 4.69) is 25.2 Å². The first kappa shape index (κ1) is 24.2. The predicted molar refractivity (Wildman–Crippen MR) is 127 cm³/mol. The van der Waals surface area contributed by atoms with Crippen LogP contribution in [0.3, 0.4) is 0 Å². The average molecular weight is 475 g/mol. The number of fused-ring (bicyclic) bond motifs is 1. The number of nitrogens with two attached hydrogens (primary N) is 3. The number of para-hydroxylation sites is 1. The van der Waals surface area contributed by atoms with Gasteiger partial charge in [-0.05, 0) is 38.9 Å². The van der Waals surface area contributed by atoms with Crippen LogP contribution < -0.4 is 32.4 Å². The Morgan fingerprint density at radius 2 is 1.88 bits per heavy atom. The molecule has 0 aliphatic carbocycles. The molecule has 2 aromatic heterocycles. The van der Waals surface area contributed by atoms with Crippen molar-refractivity contribution in [3.63, 3.8) is 0 Å². The van der Waals surface area contributed by atoms with Crippen molar-refractivity contribution in [2.24, 2.45) is 5.73 Å². The second-order valence-electron chi connectivity index (χ2n) is 7.29. The zero-order valence-electron chi connectivity index (χ0n) is 18.7. The smallest absolute Gasteiger partial charge is 0.277 e. The van der Waals surface area contributed by atoms with E-state index in [0.29, 0.717) is 38.2 Å². The lowest BCUT2D eigenvalue weighted by atomic mass is 10.1. The SMILES string of the molecule is CCn1c(CNC(=O)c2nc(Cl)c(N)nc2N)[n+](CC)c2c(C(=O)NCCCN)cccc21. The summed E-state index contributed by atoms with van der Waals surface area (Å²) in [5, 5.41) is 5.65. The number of anilines is 2. The third-order valence-electron chi connectivity index (χ3n) is 5.27. The monoisotopic (exact) mass is 474 g/mol. The largest absolute Gasteiger partial charge is 0.382 e. The molecule has 0 saturated heterocycles. The van der Waals surface area contributed by atoms with Crippen molar-refractivity contribution in [2.45, 2.75) is 39.9 Å². The molecule has 1 aromatic carbocycles. The zero-order valence-corrected chi connectivity index (χ0v) is 19.4. The van der Waals surface area contributed by atoms with E-state index in [0.717, 1.165) is 16.9 Å². The number of amides is 2. The Morgan fingerprint density at radius 3 is 2.55 bits per heavy atom. The molecule has 2 heterocycles. The maximum atomic E-state index is 12.9. The summed E-state index contributed by atoms with van der Waals surface area (Å²) >= 11 is 5.90. The number of aryl methyl sites for hydroxylation is 2. The molecule has 8 N–H and O–H groups in total. The Morgan fingerprint density at radius 1 is 1.12 bits per heavy atom. The summed E-state index contributed by atoms with van der Waals surface area (Å²) in [4.78, 5) is 33.4. The number of carbonyl (C=O) groups is 2. The minimum absolute atomic E-state index is 0.0436.